The van der Waals surface area contributed by atoms with Gasteiger partial charge < -0.3 is 24.1 Å². The van der Waals surface area contributed by atoms with Crippen LogP contribution in [0.3, 0.4) is 0 Å². The molecule has 2 aliphatic rings. The summed E-state index contributed by atoms with van der Waals surface area (Å²) >= 11 is 0. The van der Waals surface area contributed by atoms with Crippen molar-refractivity contribution >= 4 is 17.6 Å². The number of hydrogen-bond acceptors (Lipinski definition) is 9. The van der Waals surface area contributed by atoms with Gasteiger partial charge in [-0.25, -0.2) is 4.98 Å². The SMILES string of the molecule is CCCC(=O)OC[C@@H](O)CN1CCN(Cc2nc(C(=O)N3CCN(c4ccccc4CC)CC3)co2)CC1. The first-order valence-corrected chi connectivity index (χ1v) is 13.8. The van der Waals surface area contributed by atoms with Crippen LogP contribution in [0.5, 0.6) is 0 Å². The number of oxazole rings is 1. The monoisotopic (exact) mass is 527 g/mol. The molecule has 2 aromatic rings. The third kappa shape index (κ3) is 7.55. The fourth-order valence-electron chi connectivity index (χ4n) is 5.05. The maximum absolute atomic E-state index is 13.1. The van der Waals surface area contributed by atoms with Gasteiger partial charge in [0.15, 0.2) is 5.69 Å². The Morgan fingerprint density at radius 1 is 1.03 bits per heavy atom. The summed E-state index contributed by atoms with van der Waals surface area (Å²) in [6, 6.07) is 8.47. The van der Waals surface area contributed by atoms with Crippen LogP contribution in [0.1, 0.15) is 48.6 Å². The van der Waals surface area contributed by atoms with E-state index in [0.717, 1.165) is 52.1 Å². The smallest absolute Gasteiger partial charge is 0.305 e. The van der Waals surface area contributed by atoms with Crippen molar-refractivity contribution in [1.82, 2.24) is 19.7 Å². The summed E-state index contributed by atoms with van der Waals surface area (Å²) in [5.74, 6) is 0.197. The van der Waals surface area contributed by atoms with E-state index in [1.165, 1.54) is 17.5 Å². The molecule has 0 radical (unpaired) electrons. The number of aliphatic hydroxyl groups is 1. The van der Waals surface area contributed by atoms with Gasteiger partial charge in [0, 0.05) is 71.0 Å². The molecule has 0 unspecified atom stereocenters. The molecule has 38 heavy (non-hydrogen) atoms. The quantitative estimate of drug-likeness (QED) is 0.440. The number of aliphatic hydroxyl groups excluding tert-OH is 1. The molecule has 1 atom stereocenters. The highest BCUT2D eigenvalue weighted by Crippen LogP contribution is 2.23. The fourth-order valence-corrected chi connectivity index (χ4v) is 5.05. The van der Waals surface area contributed by atoms with Gasteiger partial charge in [-0.2, -0.15) is 0 Å². The van der Waals surface area contributed by atoms with E-state index in [1.54, 1.807) is 0 Å². The van der Waals surface area contributed by atoms with Gasteiger partial charge in [-0.05, 0) is 24.5 Å². The van der Waals surface area contributed by atoms with Crippen molar-refractivity contribution in [1.29, 1.82) is 0 Å². The second-order valence-corrected chi connectivity index (χ2v) is 10.1. The van der Waals surface area contributed by atoms with Gasteiger partial charge in [-0.3, -0.25) is 19.4 Å². The number of rotatable bonds is 11. The van der Waals surface area contributed by atoms with Crippen LogP contribution in [0.25, 0.3) is 0 Å². The van der Waals surface area contributed by atoms with E-state index in [4.69, 9.17) is 9.15 Å². The molecule has 0 bridgehead atoms. The summed E-state index contributed by atoms with van der Waals surface area (Å²) in [6.45, 7) is 11.2. The number of para-hydroxylation sites is 1. The molecule has 1 aromatic heterocycles. The van der Waals surface area contributed by atoms with Crippen molar-refractivity contribution in [2.45, 2.75) is 45.8 Å². The highest BCUT2D eigenvalue weighted by atomic mass is 16.5. The van der Waals surface area contributed by atoms with Crippen LogP contribution >= 0.6 is 0 Å². The third-order valence-corrected chi connectivity index (χ3v) is 7.23. The molecule has 0 aliphatic carbocycles. The maximum Gasteiger partial charge on any atom is 0.305 e. The Bertz CT molecular complexity index is 1040. The predicted octanol–water partition coefficient (Wildman–Crippen LogP) is 2.02. The zero-order chi connectivity index (χ0) is 26.9. The Morgan fingerprint density at radius 2 is 1.74 bits per heavy atom. The Labute approximate surface area is 225 Å². The summed E-state index contributed by atoms with van der Waals surface area (Å²) in [4.78, 5) is 37.6. The molecular weight excluding hydrogens is 486 g/mol. The van der Waals surface area contributed by atoms with Crippen molar-refractivity contribution in [3.8, 4) is 0 Å². The molecule has 1 aromatic carbocycles. The van der Waals surface area contributed by atoms with Crippen LogP contribution in [-0.2, 0) is 22.5 Å². The number of piperazine rings is 2. The lowest BCUT2D eigenvalue weighted by Crippen LogP contribution is -2.49. The maximum atomic E-state index is 13.1. The van der Waals surface area contributed by atoms with Crippen LogP contribution in [0.2, 0.25) is 0 Å². The summed E-state index contributed by atoms with van der Waals surface area (Å²) in [6.07, 6.45) is 2.89. The third-order valence-electron chi connectivity index (χ3n) is 7.23. The van der Waals surface area contributed by atoms with Crippen molar-refractivity contribution in [2.75, 3.05) is 70.4 Å². The molecule has 2 saturated heterocycles. The average molecular weight is 528 g/mol. The molecule has 2 aliphatic heterocycles. The van der Waals surface area contributed by atoms with Gasteiger partial charge in [-0.15, -0.1) is 0 Å². The molecular formula is C28H41N5O5. The van der Waals surface area contributed by atoms with Crippen LogP contribution < -0.4 is 4.90 Å². The summed E-state index contributed by atoms with van der Waals surface area (Å²) < 4.78 is 10.8. The molecule has 3 heterocycles. The molecule has 4 rings (SSSR count). The van der Waals surface area contributed by atoms with Crippen molar-refractivity contribution < 1.29 is 23.8 Å². The Hall–Kier alpha value is -2.95. The molecule has 2 fully saturated rings. The molecule has 10 nitrogen and oxygen atoms in total. The minimum atomic E-state index is -0.689. The second kappa shape index (κ2) is 13.7. The number of aromatic nitrogens is 1. The van der Waals surface area contributed by atoms with Crippen LogP contribution in [0.15, 0.2) is 34.9 Å². The molecule has 1 N–H and O–H groups in total. The van der Waals surface area contributed by atoms with Gasteiger partial charge in [0.1, 0.15) is 19.0 Å². The van der Waals surface area contributed by atoms with E-state index < -0.39 is 6.10 Å². The number of hydrogen-bond donors (Lipinski definition) is 1. The number of benzene rings is 1. The number of amides is 1. The number of aryl methyl sites for hydroxylation is 1. The summed E-state index contributed by atoms with van der Waals surface area (Å²) in [5.41, 5.74) is 2.95. The first-order chi connectivity index (χ1) is 18.5. The topological polar surface area (TPSA) is 103 Å². The van der Waals surface area contributed by atoms with E-state index in [2.05, 4.69) is 50.9 Å². The largest absolute Gasteiger partial charge is 0.463 e. The zero-order valence-corrected chi connectivity index (χ0v) is 22.7. The number of β-amino-alcohol motifs (C(OH)–C–C–N with tert-alkyl or cyclic N) is 1. The Morgan fingerprint density at radius 3 is 2.45 bits per heavy atom. The number of anilines is 1. The first-order valence-electron chi connectivity index (χ1n) is 13.8. The van der Waals surface area contributed by atoms with E-state index in [0.29, 0.717) is 44.2 Å². The number of esters is 1. The van der Waals surface area contributed by atoms with Crippen molar-refractivity contribution in [2.24, 2.45) is 0 Å². The molecule has 10 heteroatoms. The zero-order valence-electron chi connectivity index (χ0n) is 22.7. The lowest BCUT2D eigenvalue weighted by molar-refractivity contribution is -0.147. The van der Waals surface area contributed by atoms with Gasteiger partial charge in [-0.1, -0.05) is 32.0 Å². The number of ether oxygens (including phenoxy) is 1. The summed E-state index contributed by atoms with van der Waals surface area (Å²) in [7, 11) is 0. The standard InChI is InChI=1S/C28H41N5O5/c1-3-7-27(35)38-20-23(34)18-30-10-12-31(13-11-30)19-26-29-24(21-37-26)28(36)33-16-14-32(15-17-33)25-9-6-5-8-22(25)4-2/h5-6,8-9,21,23,34H,3-4,7,10-20H2,1-2H3/t23-/m0/s1. The fraction of sp³-hybridized carbons (Fsp3) is 0.607. The second-order valence-electron chi connectivity index (χ2n) is 10.1. The van der Waals surface area contributed by atoms with Gasteiger partial charge in [0.2, 0.25) is 5.89 Å². The van der Waals surface area contributed by atoms with E-state index in [1.807, 2.05) is 11.8 Å². The lowest BCUT2D eigenvalue weighted by Gasteiger charge is -2.36. The van der Waals surface area contributed by atoms with Crippen molar-refractivity contribution in [3.63, 3.8) is 0 Å². The normalized spacial score (nSPS) is 18.0. The van der Waals surface area contributed by atoms with Gasteiger partial charge in [0.05, 0.1) is 6.54 Å². The van der Waals surface area contributed by atoms with Crippen LogP contribution in [-0.4, -0.2) is 108 Å². The molecule has 0 saturated carbocycles. The molecule has 1 amide bonds. The minimum absolute atomic E-state index is 0.0350. The highest BCUT2D eigenvalue weighted by Gasteiger charge is 2.26. The number of carbonyl (C=O) groups excluding carboxylic acids is 2. The Kier molecular flexibility index (Phi) is 10.1. The first kappa shape index (κ1) is 28.1. The minimum Gasteiger partial charge on any atom is -0.463 e. The van der Waals surface area contributed by atoms with Gasteiger partial charge in [0.25, 0.3) is 5.91 Å². The predicted molar refractivity (Wildman–Crippen MR) is 144 cm³/mol. The van der Waals surface area contributed by atoms with Crippen molar-refractivity contribution in [3.05, 3.63) is 47.7 Å². The molecule has 0 spiro atoms. The summed E-state index contributed by atoms with van der Waals surface area (Å²) in [5, 5.41) is 10.2. The molecule has 208 valence electrons. The van der Waals surface area contributed by atoms with E-state index in [9.17, 15) is 14.7 Å². The lowest BCUT2D eigenvalue weighted by atomic mass is 10.1. The Balaban J connectivity index is 1.19. The highest BCUT2D eigenvalue weighted by molar-refractivity contribution is 5.92. The number of nitrogens with zero attached hydrogens (tertiary/aromatic N) is 5. The average Bonchev–Trinajstić information content (AvgIpc) is 3.41. The van der Waals surface area contributed by atoms with Crippen LogP contribution in [0.4, 0.5) is 5.69 Å². The van der Waals surface area contributed by atoms with E-state index in [-0.39, 0.29) is 18.5 Å². The van der Waals surface area contributed by atoms with E-state index >= 15 is 0 Å². The van der Waals surface area contributed by atoms with Crippen LogP contribution in [0, 0.1) is 0 Å². The number of carbonyl (C=O) groups is 2. The van der Waals surface area contributed by atoms with Gasteiger partial charge >= 0.3 is 5.97 Å².